The fourth-order valence-corrected chi connectivity index (χ4v) is 3.26. The van der Waals surface area contributed by atoms with Crippen LogP contribution in [0.4, 0.5) is 0 Å². The summed E-state index contributed by atoms with van der Waals surface area (Å²) in [5.74, 6) is 1.85. The van der Waals surface area contributed by atoms with Crippen molar-refractivity contribution >= 4 is 11.0 Å². The fourth-order valence-electron chi connectivity index (χ4n) is 3.26. The number of hydrogen-bond acceptors (Lipinski definition) is 3. The molecule has 0 spiro atoms. The van der Waals surface area contributed by atoms with Gasteiger partial charge in [-0.1, -0.05) is 12.1 Å². The summed E-state index contributed by atoms with van der Waals surface area (Å²) in [7, 11) is 2.14. The van der Waals surface area contributed by atoms with E-state index < -0.39 is 0 Å². The highest BCUT2D eigenvalue weighted by Gasteiger charge is 2.24. The van der Waals surface area contributed by atoms with Crippen molar-refractivity contribution in [2.75, 3.05) is 26.2 Å². The van der Waals surface area contributed by atoms with Crippen LogP contribution in [0.5, 0.6) is 0 Å². The molecule has 1 aliphatic rings. The third-order valence-corrected chi connectivity index (χ3v) is 4.45. The molecule has 1 aromatic heterocycles. The minimum Gasteiger partial charge on any atom is -0.331 e. The van der Waals surface area contributed by atoms with Crippen LogP contribution in [0.25, 0.3) is 11.0 Å². The zero-order valence-electron chi connectivity index (χ0n) is 12.3. The Balaban J connectivity index is 1.72. The maximum Gasteiger partial charge on any atom is 0.112 e. The van der Waals surface area contributed by atoms with Crippen LogP contribution >= 0.6 is 0 Å². The summed E-state index contributed by atoms with van der Waals surface area (Å²) in [4.78, 5) is 7.38. The third-order valence-electron chi connectivity index (χ3n) is 4.45. The topological polar surface area (TPSA) is 47.1 Å². The van der Waals surface area contributed by atoms with Crippen molar-refractivity contribution in [2.24, 2.45) is 12.8 Å². The highest BCUT2D eigenvalue weighted by molar-refractivity contribution is 5.75. The van der Waals surface area contributed by atoms with Gasteiger partial charge in [0.2, 0.25) is 0 Å². The molecule has 2 heterocycles. The Labute approximate surface area is 120 Å². The highest BCUT2D eigenvalue weighted by Crippen LogP contribution is 2.29. The summed E-state index contributed by atoms with van der Waals surface area (Å²) in [6.07, 6.45) is 3.53. The van der Waals surface area contributed by atoms with Gasteiger partial charge >= 0.3 is 0 Å². The van der Waals surface area contributed by atoms with Crippen molar-refractivity contribution in [3.8, 4) is 0 Å². The molecule has 1 fully saturated rings. The lowest BCUT2D eigenvalue weighted by Gasteiger charge is -2.31. The molecule has 0 aliphatic carbocycles. The minimum atomic E-state index is 0.599. The van der Waals surface area contributed by atoms with Crippen molar-refractivity contribution in [2.45, 2.75) is 25.2 Å². The Morgan fingerprint density at radius 3 is 2.70 bits per heavy atom. The number of fused-ring (bicyclic) bond motifs is 1. The first-order valence-corrected chi connectivity index (χ1v) is 7.63. The molecule has 0 saturated carbocycles. The zero-order chi connectivity index (χ0) is 13.9. The van der Waals surface area contributed by atoms with Crippen molar-refractivity contribution in [3.63, 3.8) is 0 Å². The molecule has 0 radical (unpaired) electrons. The maximum absolute atomic E-state index is 5.59. The molecule has 0 bridgehead atoms. The lowest BCUT2D eigenvalue weighted by atomic mass is 9.96. The Morgan fingerprint density at radius 2 is 2.00 bits per heavy atom. The minimum absolute atomic E-state index is 0.599. The smallest absolute Gasteiger partial charge is 0.112 e. The van der Waals surface area contributed by atoms with Gasteiger partial charge in [0, 0.05) is 13.0 Å². The second-order valence-corrected chi connectivity index (χ2v) is 5.78. The van der Waals surface area contributed by atoms with E-state index >= 15 is 0 Å². The monoisotopic (exact) mass is 272 g/mol. The van der Waals surface area contributed by atoms with Gasteiger partial charge in [-0.2, -0.15) is 0 Å². The van der Waals surface area contributed by atoms with Crippen molar-refractivity contribution in [3.05, 3.63) is 30.1 Å². The lowest BCUT2D eigenvalue weighted by molar-refractivity contribution is 0.207. The largest absolute Gasteiger partial charge is 0.331 e. The van der Waals surface area contributed by atoms with Crippen LogP contribution in [-0.2, 0) is 7.05 Å². The van der Waals surface area contributed by atoms with Gasteiger partial charge in [0.05, 0.1) is 11.0 Å². The van der Waals surface area contributed by atoms with Gasteiger partial charge in [0.25, 0.3) is 0 Å². The second-order valence-electron chi connectivity index (χ2n) is 5.78. The Hall–Kier alpha value is -1.39. The van der Waals surface area contributed by atoms with Crippen LogP contribution in [0.1, 0.15) is 31.0 Å². The van der Waals surface area contributed by atoms with E-state index in [1.807, 2.05) is 0 Å². The van der Waals surface area contributed by atoms with E-state index in [2.05, 4.69) is 40.8 Å². The van der Waals surface area contributed by atoms with E-state index in [9.17, 15) is 0 Å². The molecule has 2 N–H and O–H groups in total. The average molecular weight is 272 g/mol. The molecule has 1 aromatic carbocycles. The van der Waals surface area contributed by atoms with Gasteiger partial charge in [-0.15, -0.1) is 0 Å². The van der Waals surface area contributed by atoms with Gasteiger partial charge in [0.15, 0.2) is 0 Å². The van der Waals surface area contributed by atoms with Crippen LogP contribution in [0.2, 0.25) is 0 Å². The van der Waals surface area contributed by atoms with Crippen molar-refractivity contribution in [1.82, 2.24) is 14.5 Å². The molecular formula is C16H24N4. The zero-order valence-corrected chi connectivity index (χ0v) is 12.3. The van der Waals surface area contributed by atoms with Crippen LogP contribution in [0.3, 0.4) is 0 Å². The molecule has 4 heteroatoms. The van der Waals surface area contributed by atoms with Crippen LogP contribution in [0, 0.1) is 0 Å². The van der Waals surface area contributed by atoms with Crippen molar-refractivity contribution in [1.29, 1.82) is 0 Å². The number of nitrogens with two attached hydrogens (primary N) is 1. The van der Waals surface area contributed by atoms with E-state index in [-0.39, 0.29) is 0 Å². The summed E-state index contributed by atoms with van der Waals surface area (Å²) < 4.78 is 2.27. The van der Waals surface area contributed by atoms with E-state index in [4.69, 9.17) is 10.7 Å². The first kappa shape index (κ1) is 13.6. The third kappa shape index (κ3) is 2.58. The Bertz CT molecular complexity index is 567. The summed E-state index contributed by atoms with van der Waals surface area (Å²) in [6.45, 7) is 4.29. The number of piperidine rings is 1. The molecule has 20 heavy (non-hydrogen) atoms. The Kier molecular flexibility index (Phi) is 4.03. The highest BCUT2D eigenvalue weighted by atomic mass is 15.1. The van der Waals surface area contributed by atoms with Crippen LogP contribution in [-0.4, -0.2) is 40.6 Å². The number of likely N-dealkylation sites (tertiary alicyclic amines) is 1. The molecular weight excluding hydrogens is 248 g/mol. The normalized spacial score (nSPS) is 17.9. The molecule has 3 rings (SSSR count). The quantitative estimate of drug-likeness (QED) is 0.927. The van der Waals surface area contributed by atoms with Gasteiger partial charge in [-0.25, -0.2) is 4.98 Å². The van der Waals surface area contributed by atoms with Crippen LogP contribution < -0.4 is 5.73 Å². The molecule has 0 amide bonds. The lowest BCUT2D eigenvalue weighted by Crippen LogP contribution is -2.35. The summed E-state index contributed by atoms with van der Waals surface area (Å²) in [5, 5.41) is 0. The van der Waals surface area contributed by atoms with Gasteiger partial charge in [-0.3, -0.25) is 0 Å². The van der Waals surface area contributed by atoms with Gasteiger partial charge < -0.3 is 15.2 Å². The predicted octanol–water partition coefficient (Wildman–Crippen LogP) is 2.10. The molecule has 2 aromatic rings. The average Bonchev–Trinajstić information content (AvgIpc) is 2.83. The van der Waals surface area contributed by atoms with Crippen LogP contribution in [0.15, 0.2) is 24.3 Å². The molecule has 0 unspecified atom stereocenters. The maximum atomic E-state index is 5.59. The number of aryl methyl sites for hydroxylation is 1. The van der Waals surface area contributed by atoms with Gasteiger partial charge in [-0.05, 0) is 57.6 Å². The molecule has 4 nitrogen and oxygen atoms in total. The number of imidazole rings is 1. The standard InChI is InChI=1S/C16H24N4/c1-19-15-6-3-2-5-14(15)18-16(19)13-7-11-20(12-8-13)10-4-9-17/h2-3,5-6,13H,4,7-12,17H2,1H3. The fraction of sp³-hybridized carbons (Fsp3) is 0.562. The van der Waals surface area contributed by atoms with E-state index in [0.29, 0.717) is 5.92 Å². The van der Waals surface area contributed by atoms with Gasteiger partial charge in [0.1, 0.15) is 5.82 Å². The number of nitrogens with zero attached hydrogens (tertiary/aromatic N) is 3. The second kappa shape index (κ2) is 5.94. The Morgan fingerprint density at radius 1 is 1.25 bits per heavy atom. The number of hydrogen-bond donors (Lipinski definition) is 1. The number of benzene rings is 1. The van der Waals surface area contributed by atoms with Crippen molar-refractivity contribution < 1.29 is 0 Å². The molecule has 0 atom stereocenters. The first-order valence-electron chi connectivity index (χ1n) is 7.63. The molecule has 1 saturated heterocycles. The summed E-state index contributed by atoms with van der Waals surface area (Å²) in [5.41, 5.74) is 7.95. The number of para-hydroxylation sites is 2. The SMILES string of the molecule is Cn1c(C2CCN(CCCN)CC2)nc2ccccc21. The molecule has 1 aliphatic heterocycles. The number of aromatic nitrogens is 2. The molecule has 108 valence electrons. The summed E-state index contributed by atoms with van der Waals surface area (Å²) in [6, 6.07) is 8.41. The van der Waals surface area contributed by atoms with E-state index in [1.165, 1.54) is 37.3 Å². The number of rotatable bonds is 4. The summed E-state index contributed by atoms with van der Waals surface area (Å²) >= 11 is 0. The van der Waals surface area contributed by atoms with E-state index in [0.717, 1.165) is 25.0 Å². The van der Waals surface area contributed by atoms with E-state index in [1.54, 1.807) is 0 Å². The predicted molar refractivity (Wildman–Crippen MR) is 82.8 cm³/mol. The first-order chi connectivity index (χ1) is 9.79.